The van der Waals surface area contributed by atoms with Gasteiger partial charge in [0.1, 0.15) is 22.9 Å². The molecule has 2 unspecified atom stereocenters. The van der Waals surface area contributed by atoms with Crippen molar-refractivity contribution in [2.24, 2.45) is 5.92 Å². The summed E-state index contributed by atoms with van der Waals surface area (Å²) in [6.07, 6.45) is -2.76. The highest BCUT2D eigenvalue weighted by Gasteiger charge is 2.57. The van der Waals surface area contributed by atoms with Crippen LogP contribution in [0.25, 0.3) is 0 Å². The molecule has 0 fully saturated rings. The van der Waals surface area contributed by atoms with E-state index in [1.807, 2.05) is 74.5 Å². The predicted molar refractivity (Wildman–Crippen MR) is 193 cm³/mol. The molecular weight excluding hydrogens is 651 g/mol. The van der Waals surface area contributed by atoms with Gasteiger partial charge in [-0.3, -0.25) is 9.59 Å². The van der Waals surface area contributed by atoms with Gasteiger partial charge < -0.3 is 35.0 Å². The lowest BCUT2D eigenvalue weighted by Crippen LogP contribution is -2.48. The average molecular weight is 697 g/mol. The zero-order valence-corrected chi connectivity index (χ0v) is 29.3. The molecule has 0 spiro atoms. The first-order valence-corrected chi connectivity index (χ1v) is 17.0. The summed E-state index contributed by atoms with van der Waals surface area (Å²) >= 11 is 0. The number of hydrogen-bond acceptors (Lipinski definition) is 7. The monoisotopic (exact) mass is 696 g/mol. The number of aliphatic carboxylic acids is 1. The summed E-state index contributed by atoms with van der Waals surface area (Å²) in [5.74, 6) is -1.80. The van der Waals surface area contributed by atoms with E-state index >= 15 is 0 Å². The minimum atomic E-state index is -1.23. The summed E-state index contributed by atoms with van der Waals surface area (Å²) < 4.78 is 25.7. The smallest absolute Gasteiger partial charge is 0.305 e. The van der Waals surface area contributed by atoms with Gasteiger partial charge in [0.2, 0.25) is 0 Å². The SMILES string of the molecule is COc1ccc(NC(=O)C2=C(C(C)C)N(CC[C@@H](O)C[C@@H](O)CC(=O)O)C(c3ccccc3)(c3ccc(F)cc3)C2c2ccccc2)c(OC)c1. The molecule has 1 amide bonds. The van der Waals surface area contributed by atoms with E-state index in [2.05, 4.69) is 10.2 Å². The molecular formula is C41H45FN2O7. The van der Waals surface area contributed by atoms with Crippen molar-refractivity contribution in [1.29, 1.82) is 0 Å². The Bertz CT molecular complexity index is 1830. The fourth-order valence-corrected chi connectivity index (χ4v) is 7.36. The number of nitrogens with one attached hydrogen (secondary N) is 1. The molecule has 4 atom stereocenters. The molecule has 0 bridgehead atoms. The van der Waals surface area contributed by atoms with Gasteiger partial charge in [-0.15, -0.1) is 0 Å². The maximum Gasteiger partial charge on any atom is 0.305 e. The Kier molecular flexibility index (Phi) is 11.8. The number of ether oxygens (including phenoxy) is 2. The van der Waals surface area contributed by atoms with Crippen molar-refractivity contribution in [1.82, 2.24) is 4.90 Å². The van der Waals surface area contributed by atoms with Gasteiger partial charge in [0.25, 0.3) is 5.91 Å². The second-order valence-electron chi connectivity index (χ2n) is 13.0. The zero-order valence-electron chi connectivity index (χ0n) is 29.3. The number of aliphatic hydroxyl groups is 2. The van der Waals surface area contributed by atoms with Crippen molar-refractivity contribution >= 4 is 17.6 Å². The van der Waals surface area contributed by atoms with Gasteiger partial charge >= 0.3 is 5.97 Å². The highest BCUT2D eigenvalue weighted by molar-refractivity contribution is 6.07. The quantitative estimate of drug-likeness (QED) is 0.108. The van der Waals surface area contributed by atoms with Crippen LogP contribution in [-0.2, 0) is 15.1 Å². The predicted octanol–water partition coefficient (Wildman–Crippen LogP) is 6.71. The molecule has 0 aliphatic carbocycles. The first kappa shape index (κ1) is 37.1. The number of methoxy groups -OCH3 is 2. The Balaban J connectivity index is 1.77. The van der Waals surface area contributed by atoms with Crippen molar-refractivity contribution in [2.45, 2.75) is 56.8 Å². The van der Waals surface area contributed by atoms with Gasteiger partial charge in [-0.25, -0.2) is 4.39 Å². The van der Waals surface area contributed by atoms with Gasteiger partial charge in [0.05, 0.1) is 38.5 Å². The van der Waals surface area contributed by atoms with E-state index in [9.17, 15) is 29.3 Å². The van der Waals surface area contributed by atoms with Gasteiger partial charge in [0, 0.05) is 29.8 Å². The second kappa shape index (κ2) is 16.2. The maximum absolute atomic E-state index is 15.0. The van der Waals surface area contributed by atoms with E-state index in [-0.39, 0.29) is 31.2 Å². The largest absolute Gasteiger partial charge is 0.497 e. The van der Waals surface area contributed by atoms with E-state index in [0.717, 1.165) is 22.4 Å². The number of halogens is 1. The van der Waals surface area contributed by atoms with E-state index < -0.39 is 41.9 Å². The van der Waals surface area contributed by atoms with Crippen LogP contribution >= 0.6 is 0 Å². The third-order valence-corrected chi connectivity index (χ3v) is 9.42. The fourth-order valence-electron chi connectivity index (χ4n) is 7.36. The minimum Gasteiger partial charge on any atom is -0.497 e. The number of amides is 1. The van der Waals surface area contributed by atoms with Crippen LogP contribution in [0.1, 0.15) is 55.7 Å². The average Bonchev–Trinajstić information content (AvgIpc) is 3.43. The van der Waals surface area contributed by atoms with Crippen molar-refractivity contribution in [3.8, 4) is 11.5 Å². The molecule has 1 aliphatic rings. The summed E-state index contributed by atoms with van der Waals surface area (Å²) in [5, 5.41) is 33.8. The normalized spacial score (nSPS) is 18.4. The van der Waals surface area contributed by atoms with Crippen LogP contribution in [0.15, 0.2) is 114 Å². The Labute approximate surface area is 298 Å². The fraction of sp³-hybridized carbons (Fsp3) is 0.317. The van der Waals surface area contributed by atoms with E-state index in [1.54, 1.807) is 37.4 Å². The third kappa shape index (κ3) is 7.77. The Morgan fingerprint density at radius 1 is 0.863 bits per heavy atom. The number of nitrogens with zero attached hydrogens (tertiary/aromatic N) is 1. The first-order valence-electron chi connectivity index (χ1n) is 17.0. The number of carbonyl (C=O) groups is 2. The second-order valence-corrected chi connectivity index (χ2v) is 13.0. The van der Waals surface area contributed by atoms with Crippen LogP contribution in [0, 0.1) is 11.7 Å². The highest BCUT2D eigenvalue weighted by atomic mass is 19.1. The summed E-state index contributed by atoms with van der Waals surface area (Å²) in [6, 6.07) is 30.9. The lowest BCUT2D eigenvalue weighted by atomic mass is 9.68. The number of benzene rings is 4. The summed E-state index contributed by atoms with van der Waals surface area (Å²) in [7, 11) is 3.06. The molecule has 51 heavy (non-hydrogen) atoms. The summed E-state index contributed by atoms with van der Waals surface area (Å²) in [4.78, 5) is 28.4. The van der Waals surface area contributed by atoms with Crippen LogP contribution in [0.2, 0.25) is 0 Å². The summed E-state index contributed by atoms with van der Waals surface area (Å²) in [6.45, 7) is 4.22. The Morgan fingerprint density at radius 2 is 1.49 bits per heavy atom. The molecule has 10 heteroatoms. The van der Waals surface area contributed by atoms with Crippen molar-refractivity contribution in [2.75, 3.05) is 26.1 Å². The summed E-state index contributed by atoms with van der Waals surface area (Å²) in [5.41, 5.74) is 2.95. The number of carbonyl (C=O) groups excluding carboxylic acids is 1. The molecule has 0 saturated carbocycles. The number of anilines is 1. The number of carboxylic acids is 1. The van der Waals surface area contributed by atoms with Gasteiger partial charge in [-0.2, -0.15) is 0 Å². The molecule has 4 aromatic rings. The standard InChI is InChI=1S/C41H45FN2O7/c1-26(2)39-37(40(49)43-34-20-19-33(50-3)25-35(34)51-4)38(27-11-7-5-8-12-27)41(28-13-9-6-10-14-28,29-15-17-30(42)18-16-29)44(39)22-21-31(45)23-32(46)24-36(47)48/h5-20,25-26,31-32,38,45-46H,21-24H2,1-4H3,(H,43,49)(H,47,48)/t31-,32-,38?,41?/m1/s1. The third-order valence-electron chi connectivity index (χ3n) is 9.42. The van der Waals surface area contributed by atoms with E-state index in [1.165, 1.54) is 19.2 Å². The molecule has 4 aromatic carbocycles. The van der Waals surface area contributed by atoms with Gasteiger partial charge in [0.15, 0.2) is 0 Å². The molecule has 4 N–H and O–H groups in total. The molecule has 1 heterocycles. The number of allylic oxidation sites excluding steroid dienone is 1. The van der Waals surface area contributed by atoms with Gasteiger partial charge in [-0.05, 0) is 59.7 Å². The molecule has 0 radical (unpaired) electrons. The lowest BCUT2D eigenvalue weighted by Gasteiger charge is -2.47. The Hall–Kier alpha value is -5.19. The van der Waals surface area contributed by atoms with E-state index in [4.69, 9.17) is 9.47 Å². The first-order chi connectivity index (χ1) is 24.5. The molecule has 0 aromatic heterocycles. The highest BCUT2D eigenvalue weighted by Crippen LogP contribution is 2.59. The minimum absolute atomic E-state index is 0.136. The topological polar surface area (TPSA) is 129 Å². The molecule has 1 aliphatic heterocycles. The maximum atomic E-state index is 15.0. The number of hydrogen-bond donors (Lipinski definition) is 4. The van der Waals surface area contributed by atoms with Gasteiger partial charge in [-0.1, -0.05) is 86.6 Å². The lowest BCUT2D eigenvalue weighted by molar-refractivity contribution is -0.139. The van der Waals surface area contributed by atoms with Crippen molar-refractivity contribution in [3.05, 3.63) is 137 Å². The van der Waals surface area contributed by atoms with Crippen LogP contribution in [0.5, 0.6) is 11.5 Å². The van der Waals surface area contributed by atoms with E-state index in [0.29, 0.717) is 22.8 Å². The van der Waals surface area contributed by atoms with Crippen LogP contribution in [-0.4, -0.2) is 65.1 Å². The molecule has 0 saturated heterocycles. The number of carboxylic acid groups (broad SMARTS) is 1. The van der Waals surface area contributed by atoms with Crippen LogP contribution in [0.3, 0.4) is 0 Å². The molecule has 9 nitrogen and oxygen atoms in total. The Morgan fingerprint density at radius 3 is 2.08 bits per heavy atom. The number of rotatable bonds is 15. The molecule has 268 valence electrons. The van der Waals surface area contributed by atoms with Crippen LogP contribution < -0.4 is 14.8 Å². The number of aliphatic hydroxyl groups excluding tert-OH is 2. The zero-order chi connectivity index (χ0) is 36.7. The van der Waals surface area contributed by atoms with Crippen molar-refractivity contribution in [3.63, 3.8) is 0 Å². The van der Waals surface area contributed by atoms with Crippen LogP contribution in [0.4, 0.5) is 10.1 Å². The van der Waals surface area contributed by atoms with Crippen molar-refractivity contribution < 1.29 is 38.8 Å². The molecule has 5 rings (SSSR count).